The van der Waals surface area contributed by atoms with Crippen molar-refractivity contribution in [2.24, 2.45) is 0 Å². The highest BCUT2D eigenvalue weighted by Gasteiger charge is 2.15. The molecule has 20 heavy (non-hydrogen) atoms. The number of nitrogen functional groups attached to an aromatic ring is 1. The number of hydrogen-bond donors (Lipinski definition) is 1. The van der Waals surface area contributed by atoms with Crippen molar-refractivity contribution in [2.75, 3.05) is 12.8 Å². The van der Waals surface area contributed by atoms with Gasteiger partial charge in [0, 0.05) is 31.5 Å². The van der Waals surface area contributed by atoms with Crippen molar-refractivity contribution < 1.29 is 4.92 Å². The Morgan fingerprint density at radius 2 is 1.95 bits per heavy atom. The van der Waals surface area contributed by atoms with Crippen molar-refractivity contribution in [1.82, 2.24) is 9.88 Å². The lowest BCUT2D eigenvalue weighted by molar-refractivity contribution is -0.384. The van der Waals surface area contributed by atoms with E-state index in [-0.39, 0.29) is 11.4 Å². The van der Waals surface area contributed by atoms with Gasteiger partial charge >= 0.3 is 0 Å². The average molecular weight is 272 g/mol. The summed E-state index contributed by atoms with van der Waals surface area (Å²) in [5.41, 5.74) is 7.93. The summed E-state index contributed by atoms with van der Waals surface area (Å²) in [4.78, 5) is 16.4. The quantitative estimate of drug-likeness (QED) is 0.512. The van der Waals surface area contributed by atoms with E-state index in [9.17, 15) is 10.1 Å². The Hall–Kier alpha value is -2.47. The molecule has 0 aliphatic carbocycles. The zero-order valence-electron chi connectivity index (χ0n) is 11.2. The van der Waals surface area contributed by atoms with E-state index in [0.29, 0.717) is 6.54 Å². The van der Waals surface area contributed by atoms with Crippen LogP contribution >= 0.6 is 0 Å². The summed E-state index contributed by atoms with van der Waals surface area (Å²) in [5, 5.41) is 10.9. The van der Waals surface area contributed by atoms with Gasteiger partial charge in [-0.05, 0) is 30.3 Å². The van der Waals surface area contributed by atoms with Crippen LogP contribution in [-0.2, 0) is 13.1 Å². The highest BCUT2D eigenvalue weighted by atomic mass is 16.6. The highest BCUT2D eigenvalue weighted by molar-refractivity contribution is 5.62. The van der Waals surface area contributed by atoms with Gasteiger partial charge < -0.3 is 5.73 Å². The predicted molar refractivity (Wildman–Crippen MR) is 76.9 cm³/mol. The normalized spacial score (nSPS) is 10.7. The molecule has 0 aliphatic heterocycles. The molecule has 0 unspecified atom stereocenters. The standard InChI is InChI=1S/C14H16N4O2/c1-17(9-11-5-7-16-8-6-11)10-12-3-2-4-13(14(12)15)18(19)20/h2-8H,9-10,15H2,1H3. The number of nitrogens with zero attached hydrogens (tertiary/aromatic N) is 3. The third-order valence-electron chi connectivity index (χ3n) is 3.01. The van der Waals surface area contributed by atoms with Crippen LogP contribution in [0, 0.1) is 10.1 Å². The topological polar surface area (TPSA) is 85.3 Å². The van der Waals surface area contributed by atoms with Crippen LogP contribution in [0.2, 0.25) is 0 Å². The van der Waals surface area contributed by atoms with Gasteiger partial charge in [0.15, 0.2) is 0 Å². The summed E-state index contributed by atoms with van der Waals surface area (Å²) >= 11 is 0. The number of nitrogens with two attached hydrogens (primary N) is 1. The number of aromatic nitrogens is 1. The van der Waals surface area contributed by atoms with E-state index < -0.39 is 4.92 Å². The fourth-order valence-electron chi connectivity index (χ4n) is 2.04. The van der Waals surface area contributed by atoms with E-state index >= 15 is 0 Å². The van der Waals surface area contributed by atoms with Gasteiger partial charge in [-0.25, -0.2) is 0 Å². The molecule has 0 aliphatic rings. The molecule has 0 amide bonds. The van der Waals surface area contributed by atoms with Crippen molar-refractivity contribution in [3.05, 3.63) is 64.0 Å². The Labute approximate surface area is 117 Å². The summed E-state index contributed by atoms with van der Waals surface area (Å²) in [6.45, 7) is 1.28. The van der Waals surface area contributed by atoms with E-state index in [2.05, 4.69) is 4.98 Å². The molecule has 0 saturated carbocycles. The molecule has 1 aromatic carbocycles. The molecule has 0 radical (unpaired) electrons. The van der Waals surface area contributed by atoms with Gasteiger partial charge in [-0.1, -0.05) is 12.1 Å². The molecule has 0 fully saturated rings. The smallest absolute Gasteiger partial charge is 0.292 e. The second kappa shape index (κ2) is 6.12. The first-order valence-corrected chi connectivity index (χ1v) is 6.17. The molecule has 1 heterocycles. The Balaban J connectivity index is 2.10. The van der Waals surface area contributed by atoms with Crippen LogP contribution in [0.1, 0.15) is 11.1 Å². The van der Waals surface area contributed by atoms with E-state index in [4.69, 9.17) is 5.73 Å². The van der Waals surface area contributed by atoms with Gasteiger partial charge in [0.25, 0.3) is 5.69 Å². The Morgan fingerprint density at radius 3 is 2.60 bits per heavy atom. The molecule has 2 N–H and O–H groups in total. The second-order valence-electron chi connectivity index (χ2n) is 4.63. The van der Waals surface area contributed by atoms with E-state index in [1.165, 1.54) is 6.07 Å². The lowest BCUT2D eigenvalue weighted by Crippen LogP contribution is -2.18. The van der Waals surface area contributed by atoms with Crippen molar-refractivity contribution in [2.45, 2.75) is 13.1 Å². The first-order chi connectivity index (χ1) is 9.58. The lowest BCUT2D eigenvalue weighted by Gasteiger charge is -2.17. The summed E-state index contributed by atoms with van der Waals surface area (Å²) < 4.78 is 0. The van der Waals surface area contributed by atoms with Crippen molar-refractivity contribution >= 4 is 11.4 Å². The number of rotatable bonds is 5. The number of benzene rings is 1. The molecular weight excluding hydrogens is 256 g/mol. The van der Waals surface area contributed by atoms with Crippen LogP contribution < -0.4 is 5.73 Å². The molecule has 0 atom stereocenters. The molecule has 6 nitrogen and oxygen atoms in total. The van der Waals surface area contributed by atoms with Crippen molar-refractivity contribution in [3.63, 3.8) is 0 Å². The fraction of sp³-hybridized carbons (Fsp3) is 0.214. The number of nitro groups is 1. The molecule has 1 aromatic heterocycles. The molecule has 2 rings (SSSR count). The van der Waals surface area contributed by atoms with Gasteiger partial charge in [-0.3, -0.25) is 20.0 Å². The van der Waals surface area contributed by atoms with Crippen molar-refractivity contribution in [1.29, 1.82) is 0 Å². The molecule has 0 spiro atoms. The lowest BCUT2D eigenvalue weighted by atomic mass is 10.1. The molecule has 2 aromatic rings. The SMILES string of the molecule is CN(Cc1ccncc1)Cc1cccc([N+](=O)[O-])c1N. The zero-order valence-corrected chi connectivity index (χ0v) is 11.2. The summed E-state index contributed by atoms with van der Waals surface area (Å²) in [6, 6.07) is 8.76. The molecule has 104 valence electrons. The van der Waals surface area contributed by atoms with Gasteiger partial charge in [0.1, 0.15) is 5.69 Å². The summed E-state index contributed by atoms with van der Waals surface area (Å²) in [7, 11) is 1.94. The Kier molecular flexibility index (Phi) is 4.27. The minimum absolute atomic E-state index is 0.0418. The van der Waals surface area contributed by atoms with E-state index in [0.717, 1.165) is 17.7 Å². The number of pyridine rings is 1. The van der Waals surface area contributed by atoms with Gasteiger partial charge in [-0.2, -0.15) is 0 Å². The van der Waals surface area contributed by atoms with Crippen LogP contribution in [0.4, 0.5) is 11.4 Å². The van der Waals surface area contributed by atoms with Gasteiger partial charge in [0.2, 0.25) is 0 Å². The van der Waals surface area contributed by atoms with Crippen LogP contribution in [0.15, 0.2) is 42.7 Å². The number of anilines is 1. The molecular formula is C14H16N4O2. The minimum Gasteiger partial charge on any atom is -0.393 e. The van der Waals surface area contributed by atoms with Gasteiger partial charge in [-0.15, -0.1) is 0 Å². The third kappa shape index (κ3) is 3.30. The average Bonchev–Trinajstić information content (AvgIpc) is 2.42. The van der Waals surface area contributed by atoms with Crippen LogP contribution in [0.5, 0.6) is 0 Å². The van der Waals surface area contributed by atoms with Crippen LogP contribution in [0.25, 0.3) is 0 Å². The number of nitro benzene ring substituents is 1. The summed E-state index contributed by atoms with van der Waals surface area (Å²) in [6.07, 6.45) is 3.48. The fourth-order valence-corrected chi connectivity index (χ4v) is 2.04. The predicted octanol–water partition coefficient (Wildman–Crippen LogP) is 2.20. The summed E-state index contributed by atoms with van der Waals surface area (Å²) in [5.74, 6) is 0. The van der Waals surface area contributed by atoms with Gasteiger partial charge in [0.05, 0.1) is 4.92 Å². The maximum Gasteiger partial charge on any atom is 0.292 e. The number of para-hydroxylation sites is 1. The van der Waals surface area contributed by atoms with E-state index in [1.54, 1.807) is 18.5 Å². The Bertz CT molecular complexity index is 601. The largest absolute Gasteiger partial charge is 0.393 e. The maximum atomic E-state index is 10.9. The van der Waals surface area contributed by atoms with E-state index in [1.807, 2.05) is 30.1 Å². The Morgan fingerprint density at radius 1 is 1.25 bits per heavy atom. The highest BCUT2D eigenvalue weighted by Crippen LogP contribution is 2.25. The molecule has 0 saturated heterocycles. The van der Waals surface area contributed by atoms with Crippen LogP contribution in [0.3, 0.4) is 0 Å². The molecule has 6 heteroatoms. The number of hydrogen-bond acceptors (Lipinski definition) is 5. The zero-order chi connectivity index (χ0) is 14.5. The maximum absolute atomic E-state index is 10.9. The monoisotopic (exact) mass is 272 g/mol. The first kappa shape index (κ1) is 14.0. The van der Waals surface area contributed by atoms with Crippen molar-refractivity contribution in [3.8, 4) is 0 Å². The first-order valence-electron chi connectivity index (χ1n) is 6.17. The minimum atomic E-state index is -0.457. The third-order valence-corrected chi connectivity index (χ3v) is 3.01. The molecule has 0 bridgehead atoms. The van der Waals surface area contributed by atoms with Crippen LogP contribution in [-0.4, -0.2) is 21.9 Å². The second-order valence-corrected chi connectivity index (χ2v) is 4.63.